The topological polar surface area (TPSA) is 111 Å². The molecule has 0 fully saturated rings. The van der Waals surface area contributed by atoms with Crippen LogP contribution in [0.2, 0.25) is 0 Å². The molecule has 3 rings (SSSR count). The minimum absolute atomic E-state index is 0.0688. The van der Waals surface area contributed by atoms with Crippen molar-refractivity contribution in [2.24, 2.45) is 0 Å². The van der Waals surface area contributed by atoms with E-state index in [0.29, 0.717) is 17.2 Å². The second-order valence-corrected chi connectivity index (χ2v) is 7.26. The average molecular weight is 387 g/mol. The molecule has 0 bridgehead atoms. The van der Waals surface area contributed by atoms with Gasteiger partial charge in [0, 0.05) is 0 Å². The molecule has 9 heteroatoms. The van der Waals surface area contributed by atoms with E-state index in [1.807, 2.05) is 0 Å². The van der Waals surface area contributed by atoms with Crippen LogP contribution in [-0.4, -0.2) is 26.6 Å². The van der Waals surface area contributed by atoms with Crippen LogP contribution in [0.25, 0.3) is 0 Å². The molecule has 0 aliphatic carbocycles. The molecule has 0 saturated heterocycles. The first-order chi connectivity index (χ1) is 12.9. The van der Waals surface area contributed by atoms with E-state index < -0.39 is 15.9 Å². The smallest absolute Gasteiger partial charge is 0.261 e. The summed E-state index contributed by atoms with van der Waals surface area (Å²) in [4.78, 5) is 12.4. The van der Waals surface area contributed by atoms with Crippen molar-refractivity contribution in [3.8, 4) is 5.75 Å². The maximum absolute atomic E-state index is 12.6. The van der Waals surface area contributed by atoms with E-state index in [9.17, 15) is 13.2 Å². The van der Waals surface area contributed by atoms with Crippen LogP contribution in [0, 0.1) is 6.92 Å². The van der Waals surface area contributed by atoms with Gasteiger partial charge in [-0.15, -0.1) is 0 Å². The Labute approximate surface area is 156 Å². The van der Waals surface area contributed by atoms with Gasteiger partial charge in [-0.05, 0) is 43.3 Å². The van der Waals surface area contributed by atoms with Gasteiger partial charge in [0.15, 0.2) is 0 Å². The number of aromatic nitrogens is 1. The molecule has 0 spiro atoms. The molecule has 0 unspecified atom stereocenters. The van der Waals surface area contributed by atoms with Crippen LogP contribution in [0.15, 0.2) is 64.1 Å². The minimum atomic E-state index is -3.85. The first-order valence-corrected chi connectivity index (χ1v) is 9.37. The summed E-state index contributed by atoms with van der Waals surface area (Å²) in [6.07, 6.45) is 1.30. The zero-order valence-electron chi connectivity index (χ0n) is 14.6. The van der Waals surface area contributed by atoms with Gasteiger partial charge in [0.2, 0.25) is 0 Å². The van der Waals surface area contributed by atoms with E-state index in [1.165, 1.54) is 25.4 Å². The highest BCUT2D eigenvalue weighted by atomic mass is 32.2. The zero-order valence-corrected chi connectivity index (χ0v) is 15.4. The van der Waals surface area contributed by atoms with Crippen LogP contribution in [0.4, 0.5) is 11.4 Å². The third-order valence-corrected chi connectivity index (χ3v) is 5.17. The largest absolute Gasteiger partial charge is 0.497 e. The van der Waals surface area contributed by atoms with E-state index in [4.69, 9.17) is 9.26 Å². The van der Waals surface area contributed by atoms with Crippen molar-refractivity contribution in [1.82, 2.24) is 5.16 Å². The number of hydrogen-bond acceptors (Lipinski definition) is 6. The maximum Gasteiger partial charge on any atom is 0.261 e. The van der Waals surface area contributed by atoms with Gasteiger partial charge < -0.3 is 14.6 Å². The molecular formula is C18H17N3O5S. The highest BCUT2D eigenvalue weighted by molar-refractivity contribution is 7.92. The van der Waals surface area contributed by atoms with E-state index in [1.54, 1.807) is 43.3 Å². The second-order valence-electron chi connectivity index (χ2n) is 5.58. The molecular weight excluding hydrogens is 370 g/mol. The van der Waals surface area contributed by atoms with Crippen molar-refractivity contribution < 1.29 is 22.5 Å². The van der Waals surface area contributed by atoms with Crippen LogP contribution in [0.5, 0.6) is 5.75 Å². The van der Waals surface area contributed by atoms with Gasteiger partial charge in [-0.2, -0.15) is 0 Å². The van der Waals surface area contributed by atoms with Crippen LogP contribution >= 0.6 is 0 Å². The number of ether oxygens (including phenoxy) is 1. The van der Waals surface area contributed by atoms with Gasteiger partial charge in [0.1, 0.15) is 17.1 Å². The third kappa shape index (κ3) is 4.09. The Hall–Kier alpha value is -3.33. The monoisotopic (exact) mass is 387 g/mol. The van der Waals surface area contributed by atoms with E-state index in [-0.39, 0.29) is 16.1 Å². The molecule has 0 atom stereocenters. The molecule has 8 nitrogen and oxygen atoms in total. The summed E-state index contributed by atoms with van der Waals surface area (Å²) < 4.78 is 37.7. The summed E-state index contributed by atoms with van der Waals surface area (Å²) in [6.45, 7) is 1.61. The normalized spacial score (nSPS) is 11.0. The van der Waals surface area contributed by atoms with Crippen molar-refractivity contribution >= 4 is 27.3 Å². The van der Waals surface area contributed by atoms with Crippen molar-refractivity contribution in [2.45, 2.75) is 11.8 Å². The lowest BCUT2D eigenvalue weighted by Crippen LogP contribution is -2.17. The SMILES string of the molecule is COc1ccc(S(=O)(=O)Nc2ccccc2NC(=O)c2cnoc2C)cc1. The Morgan fingerprint density at radius 2 is 1.74 bits per heavy atom. The van der Waals surface area contributed by atoms with Gasteiger partial charge in [-0.25, -0.2) is 8.42 Å². The lowest BCUT2D eigenvalue weighted by Gasteiger charge is -2.13. The predicted molar refractivity (Wildman–Crippen MR) is 99.4 cm³/mol. The van der Waals surface area contributed by atoms with Gasteiger partial charge >= 0.3 is 0 Å². The van der Waals surface area contributed by atoms with Gasteiger partial charge in [-0.3, -0.25) is 9.52 Å². The number of carbonyl (C=O) groups excluding carboxylic acids is 1. The number of rotatable bonds is 6. The molecule has 0 saturated carbocycles. The highest BCUT2D eigenvalue weighted by Gasteiger charge is 2.18. The van der Waals surface area contributed by atoms with E-state index in [0.717, 1.165) is 0 Å². The van der Waals surface area contributed by atoms with Gasteiger partial charge in [0.05, 0.1) is 29.6 Å². The van der Waals surface area contributed by atoms with Crippen molar-refractivity contribution in [1.29, 1.82) is 0 Å². The number of aryl methyl sites for hydroxylation is 1. The molecule has 27 heavy (non-hydrogen) atoms. The Balaban J connectivity index is 1.85. The van der Waals surface area contributed by atoms with Gasteiger partial charge in [0.25, 0.3) is 15.9 Å². The number of benzene rings is 2. The summed E-state index contributed by atoms with van der Waals surface area (Å²) in [5.41, 5.74) is 0.804. The number of sulfonamides is 1. The number of methoxy groups -OCH3 is 1. The fourth-order valence-electron chi connectivity index (χ4n) is 2.35. The number of nitrogens with zero attached hydrogens (tertiary/aromatic N) is 1. The lowest BCUT2D eigenvalue weighted by molar-refractivity contribution is 0.102. The molecule has 3 aromatic rings. The second kappa shape index (κ2) is 7.50. The fraction of sp³-hybridized carbons (Fsp3) is 0.111. The van der Waals surface area contributed by atoms with Crippen LogP contribution in [0.1, 0.15) is 16.1 Å². The molecule has 1 amide bonds. The zero-order chi connectivity index (χ0) is 19.4. The van der Waals surface area contributed by atoms with E-state index in [2.05, 4.69) is 15.2 Å². The number of amides is 1. The minimum Gasteiger partial charge on any atom is -0.497 e. The summed E-state index contributed by atoms with van der Waals surface area (Å²) in [5.74, 6) is 0.458. The quantitative estimate of drug-likeness (QED) is 0.673. The standard InChI is InChI=1S/C18H17N3O5S/c1-12-15(11-19-26-12)18(22)20-16-5-3-4-6-17(16)21-27(23,24)14-9-7-13(25-2)8-10-14/h3-11,21H,1-2H3,(H,20,22). The first-order valence-electron chi connectivity index (χ1n) is 7.89. The average Bonchev–Trinajstić information content (AvgIpc) is 3.09. The molecule has 0 aliphatic rings. The summed E-state index contributed by atoms with van der Waals surface area (Å²) >= 11 is 0. The Bertz CT molecular complexity index is 1060. The lowest BCUT2D eigenvalue weighted by atomic mass is 10.2. The highest BCUT2D eigenvalue weighted by Crippen LogP contribution is 2.26. The first kappa shape index (κ1) is 18.5. The molecule has 1 aromatic heterocycles. The molecule has 1 heterocycles. The molecule has 0 radical (unpaired) electrons. The van der Waals surface area contributed by atoms with Gasteiger partial charge in [-0.1, -0.05) is 17.3 Å². The molecule has 0 aliphatic heterocycles. The molecule has 2 N–H and O–H groups in total. The fourth-order valence-corrected chi connectivity index (χ4v) is 3.43. The number of nitrogens with one attached hydrogen (secondary N) is 2. The number of anilines is 2. The Morgan fingerprint density at radius 3 is 2.33 bits per heavy atom. The third-order valence-electron chi connectivity index (χ3n) is 3.78. The van der Waals surface area contributed by atoms with Crippen LogP contribution < -0.4 is 14.8 Å². The number of hydrogen-bond donors (Lipinski definition) is 2. The van der Waals surface area contributed by atoms with Crippen molar-refractivity contribution in [3.05, 3.63) is 66.1 Å². The van der Waals surface area contributed by atoms with Crippen LogP contribution in [0.3, 0.4) is 0 Å². The summed E-state index contributed by atoms with van der Waals surface area (Å²) in [7, 11) is -2.35. The maximum atomic E-state index is 12.6. The van der Waals surface area contributed by atoms with Crippen molar-refractivity contribution in [2.75, 3.05) is 17.1 Å². The summed E-state index contributed by atoms with van der Waals surface area (Å²) in [5, 5.41) is 6.22. The summed E-state index contributed by atoms with van der Waals surface area (Å²) in [6, 6.07) is 12.5. The number of para-hydroxylation sites is 2. The van der Waals surface area contributed by atoms with Crippen molar-refractivity contribution in [3.63, 3.8) is 0 Å². The number of carbonyl (C=O) groups is 1. The van der Waals surface area contributed by atoms with E-state index >= 15 is 0 Å². The van der Waals surface area contributed by atoms with Crippen LogP contribution in [-0.2, 0) is 10.0 Å². The predicted octanol–water partition coefficient (Wildman–Crippen LogP) is 3.04. The molecule has 2 aromatic carbocycles. The molecule has 140 valence electrons. The Morgan fingerprint density at radius 1 is 1.07 bits per heavy atom. The Kier molecular flexibility index (Phi) is 5.13.